The van der Waals surface area contributed by atoms with Gasteiger partial charge in [-0.15, -0.1) is 0 Å². The highest BCUT2D eigenvalue weighted by molar-refractivity contribution is 7.07. The summed E-state index contributed by atoms with van der Waals surface area (Å²) in [5, 5.41) is 0. The zero-order valence-electron chi connectivity index (χ0n) is 20.0. The minimum atomic E-state index is -0.331. The molecule has 8 heteroatoms. The lowest BCUT2D eigenvalue weighted by atomic mass is 9.83. The van der Waals surface area contributed by atoms with Crippen LogP contribution in [0.2, 0.25) is 0 Å². The Kier molecular flexibility index (Phi) is 5.44. The van der Waals surface area contributed by atoms with Crippen molar-refractivity contribution in [2.24, 2.45) is 4.99 Å². The summed E-state index contributed by atoms with van der Waals surface area (Å²) in [6, 6.07) is 18.3. The van der Waals surface area contributed by atoms with Gasteiger partial charge in [-0.05, 0) is 47.7 Å². The van der Waals surface area contributed by atoms with Crippen LogP contribution in [0.3, 0.4) is 0 Å². The van der Waals surface area contributed by atoms with E-state index in [4.69, 9.17) is 14.1 Å². The topological polar surface area (TPSA) is 60.0 Å². The first-order valence-corrected chi connectivity index (χ1v) is 13.3. The number of hydrogen-bond acceptors (Lipinski definition) is 6. The van der Waals surface area contributed by atoms with Gasteiger partial charge in [-0.3, -0.25) is 9.36 Å². The van der Waals surface area contributed by atoms with Crippen LogP contribution in [0.5, 0.6) is 0 Å². The zero-order valence-corrected chi connectivity index (χ0v) is 20.8. The lowest BCUT2D eigenvalue weighted by Crippen LogP contribution is -2.38. The molecule has 186 valence electrons. The summed E-state index contributed by atoms with van der Waals surface area (Å²) in [6.45, 7) is 2.90. The van der Waals surface area contributed by atoms with Crippen molar-refractivity contribution in [1.29, 1.82) is 0 Å². The standard InChI is InChI=1S/C29H24FN3O3S/c30-20-8-5-19(6-9-20)27-23-11-7-18-3-1-2-4-22(18)26(23)31-29-33(27)28(34)24(37-29)17-21-10-12-25(36-21)32-13-15-35-16-14-32/h1-6,8-10,12,17,27H,7,11,13-16H2/b24-17-/t27-/m0/s1. The summed E-state index contributed by atoms with van der Waals surface area (Å²) in [5.74, 6) is 1.10. The molecule has 0 unspecified atom stereocenters. The highest BCUT2D eigenvalue weighted by atomic mass is 32.1. The summed E-state index contributed by atoms with van der Waals surface area (Å²) in [4.78, 5) is 21.6. The van der Waals surface area contributed by atoms with Crippen LogP contribution < -0.4 is 19.8 Å². The summed E-state index contributed by atoms with van der Waals surface area (Å²) < 4.78 is 27.6. The van der Waals surface area contributed by atoms with E-state index in [0.29, 0.717) is 28.3 Å². The maximum absolute atomic E-state index is 13.8. The van der Waals surface area contributed by atoms with Gasteiger partial charge in [0.05, 0.1) is 29.5 Å². The number of halogens is 1. The van der Waals surface area contributed by atoms with Crippen molar-refractivity contribution in [3.05, 3.63) is 114 Å². The van der Waals surface area contributed by atoms with Crippen LogP contribution in [-0.2, 0) is 11.2 Å². The van der Waals surface area contributed by atoms with Gasteiger partial charge < -0.3 is 14.1 Å². The molecule has 4 heterocycles. The number of benzene rings is 2. The van der Waals surface area contributed by atoms with Gasteiger partial charge >= 0.3 is 0 Å². The Morgan fingerprint density at radius 1 is 1.00 bits per heavy atom. The summed E-state index contributed by atoms with van der Waals surface area (Å²) in [5.41, 5.74) is 5.15. The molecule has 0 N–H and O–H groups in total. The monoisotopic (exact) mass is 513 g/mol. The third-order valence-electron chi connectivity index (χ3n) is 7.27. The van der Waals surface area contributed by atoms with Crippen LogP contribution in [0.4, 0.5) is 10.3 Å². The largest absolute Gasteiger partial charge is 0.441 e. The number of rotatable bonds is 3. The maximum Gasteiger partial charge on any atom is 0.271 e. The number of ether oxygens (including phenoxy) is 1. The van der Waals surface area contributed by atoms with Gasteiger partial charge in [-0.2, -0.15) is 0 Å². The van der Waals surface area contributed by atoms with Gasteiger partial charge in [-0.1, -0.05) is 47.7 Å². The summed E-state index contributed by atoms with van der Waals surface area (Å²) in [6.07, 6.45) is 3.47. The van der Waals surface area contributed by atoms with Gasteiger partial charge in [0.25, 0.3) is 5.56 Å². The minimum absolute atomic E-state index is 0.118. The molecule has 3 aliphatic rings. The second-order valence-corrected chi connectivity index (χ2v) is 10.4. The normalized spacial score (nSPS) is 19.3. The third kappa shape index (κ3) is 3.88. The molecule has 0 radical (unpaired) electrons. The number of furan rings is 1. The smallest absolute Gasteiger partial charge is 0.271 e. The number of fused-ring (bicyclic) bond motifs is 3. The number of allylic oxidation sites excluding steroid dienone is 1. The third-order valence-corrected chi connectivity index (χ3v) is 8.25. The average Bonchev–Trinajstić information content (AvgIpc) is 3.53. The van der Waals surface area contributed by atoms with E-state index in [9.17, 15) is 9.18 Å². The van der Waals surface area contributed by atoms with Crippen LogP contribution >= 0.6 is 11.3 Å². The lowest BCUT2D eigenvalue weighted by molar-refractivity contribution is 0.120. The van der Waals surface area contributed by atoms with E-state index in [-0.39, 0.29) is 17.4 Å². The Hall–Kier alpha value is -3.75. The van der Waals surface area contributed by atoms with Crippen LogP contribution in [0, 0.1) is 5.82 Å². The highest BCUT2D eigenvalue weighted by Gasteiger charge is 2.32. The van der Waals surface area contributed by atoms with Crippen molar-refractivity contribution in [2.45, 2.75) is 18.9 Å². The second kappa shape index (κ2) is 8.97. The minimum Gasteiger partial charge on any atom is -0.441 e. The summed E-state index contributed by atoms with van der Waals surface area (Å²) in [7, 11) is 0. The lowest BCUT2D eigenvalue weighted by Gasteiger charge is -2.30. The Balaban J connectivity index is 1.38. The molecule has 0 spiro atoms. The van der Waals surface area contributed by atoms with E-state index in [0.717, 1.165) is 54.2 Å². The van der Waals surface area contributed by atoms with E-state index in [2.05, 4.69) is 17.0 Å². The molecule has 1 fully saturated rings. The Bertz CT molecular complexity index is 1710. The fraction of sp³-hybridized carbons (Fsp3) is 0.241. The number of hydrogen-bond donors (Lipinski definition) is 0. The number of nitrogens with zero attached hydrogens (tertiary/aromatic N) is 3. The molecular formula is C29H24FN3O3S. The molecule has 2 aromatic carbocycles. The average molecular weight is 514 g/mol. The van der Waals surface area contributed by atoms with Gasteiger partial charge in [0, 0.05) is 30.8 Å². The van der Waals surface area contributed by atoms with Crippen LogP contribution in [0.1, 0.15) is 34.9 Å². The molecule has 1 saturated heterocycles. The number of thiazole rings is 1. The first-order valence-electron chi connectivity index (χ1n) is 12.5. The first kappa shape index (κ1) is 22.4. The van der Waals surface area contributed by atoms with Crippen LogP contribution in [-0.4, -0.2) is 30.9 Å². The highest BCUT2D eigenvalue weighted by Crippen LogP contribution is 2.41. The Labute approximate surface area is 216 Å². The molecule has 0 amide bonds. The van der Waals surface area contributed by atoms with E-state index in [1.807, 2.05) is 24.3 Å². The maximum atomic E-state index is 13.8. The number of aryl methyl sites for hydroxylation is 1. The Morgan fingerprint density at radius 3 is 2.65 bits per heavy atom. The van der Waals surface area contributed by atoms with E-state index < -0.39 is 0 Å². The van der Waals surface area contributed by atoms with Gasteiger partial charge in [0.1, 0.15) is 11.6 Å². The van der Waals surface area contributed by atoms with Crippen LogP contribution in [0.15, 0.2) is 80.4 Å². The predicted octanol–water partition coefficient (Wildman–Crippen LogP) is 3.89. The molecule has 2 aliphatic heterocycles. The van der Waals surface area contributed by atoms with E-state index in [1.54, 1.807) is 22.8 Å². The van der Waals surface area contributed by atoms with Crippen molar-refractivity contribution in [3.8, 4) is 0 Å². The SMILES string of the molecule is O=c1/c(=C/c2ccc(N3CCOCC3)o2)sc2n1[C@@H](c1ccc(F)cc1)C1=C(N=2)c2ccccc2CC1. The fourth-order valence-electron chi connectivity index (χ4n) is 5.47. The second-order valence-electron chi connectivity index (χ2n) is 9.44. The molecule has 37 heavy (non-hydrogen) atoms. The molecule has 6 nitrogen and oxygen atoms in total. The zero-order chi connectivity index (χ0) is 24.9. The Morgan fingerprint density at radius 2 is 1.81 bits per heavy atom. The van der Waals surface area contributed by atoms with Gasteiger partial charge in [0.15, 0.2) is 10.7 Å². The number of aromatic nitrogens is 1. The molecule has 1 atom stereocenters. The molecule has 1 aliphatic carbocycles. The van der Waals surface area contributed by atoms with Crippen molar-refractivity contribution in [3.63, 3.8) is 0 Å². The fourth-order valence-corrected chi connectivity index (χ4v) is 6.45. The molecule has 0 bridgehead atoms. The van der Waals surface area contributed by atoms with Crippen molar-refractivity contribution >= 4 is 29.0 Å². The first-order chi connectivity index (χ1) is 18.2. The van der Waals surface area contributed by atoms with Crippen molar-refractivity contribution < 1.29 is 13.5 Å². The van der Waals surface area contributed by atoms with Gasteiger partial charge in [-0.25, -0.2) is 9.38 Å². The number of anilines is 1. The van der Waals surface area contributed by atoms with E-state index >= 15 is 0 Å². The van der Waals surface area contributed by atoms with E-state index in [1.165, 1.54) is 29.0 Å². The molecule has 0 saturated carbocycles. The summed E-state index contributed by atoms with van der Waals surface area (Å²) >= 11 is 1.36. The molecule has 7 rings (SSSR count). The molecular weight excluding hydrogens is 489 g/mol. The van der Waals surface area contributed by atoms with Gasteiger partial charge in [0.2, 0.25) is 0 Å². The number of morpholine rings is 1. The van der Waals surface area contributed by atoms with Crippen molar-refractivity contribution in [2.75, 3.05) is 31.2 Å². The van der Waals surface area contributed by atoms with Crippen LogP contribution in [0.25, 0.3) is 11.8 Å². The molecule has 4 aromatic rings. The predicted molar refractivity (Wildman–Crippen MR) is 141 cm³/mol. The quantitative estimate of drug-likeness (QED) is 0.417. The van der Waals surface area contributed by atoms with Crippen molar-refractivity contribution in [1.82, 2.24) is 4.57 Å². The molecule has 2 aromatic heterocycles.